The molecule has 6 nitrogen and oxygen atoms in total. The van der Waals surface area contributed by atoms with Crippen LogP contribution in [0.4, 0.5) is 34.1 Å². The van der Waals surface area contributed by atoms with Gasteiger partial charge in [-0.25, -0.2) is 9.59 Å². The second kappa shape index (κ2) is 18.4. The highest BCUT2D eigenvalue weighted by atomic mass is 16.5. The summed E-state index contributed by atoms with van der Waals surface area (Å²) in [6.45, 7) is 11.3. The van der Waals surface area contributed by atoms with Gasteiger partial charge in [-0.05, 0) is 155 Å². The Balaban J connectivity index is 1.06. The maximum absolute atomic E-state index is 11.6. The average Bonchev–Trinajstić information content (AvgIpc) is 3.32. The molecule has 0 atom stereocenters. The second-order valence-electron chi connectivity index (χ2n) is 14.7. The minimum absolute atomic E-state index is 0.476. The molecule has 0 aliphatic rings. The molecule has 0 aromatic heterocycles. The zero-order valence-electron chi connectivity index (χ0n) is 34.6. The van der Waals surface area contributed by atoms with Crippen LogP contribution in [0.2, 0.25) is 0 Å². The van der Waals surface area contributed by atoms with Crippen molar-refractivity contribution in [3.63, 3.8) is 0 Å². The van der Waals surface area contributed by atoms with Crippen molar-refractivity contribution in [3.8, 4) is 44.9 Å². The molecular formula is C56H44N2O4. The Hall–Kier alpha value is -8.22. The van der Waals surface area contributed by atoms with Crippen molar-refractivity contribution in [1.82, 2.24) is 0 Å². The highest BCUT2D eigenvalue weighted by Gasteiger charge is 2.18. The second-order valence-corrected chi connectivity index (χ2v) is 14.7. The SMILES string of the molecule is C=CC(=O)Oc1ccc(-c2ccc(N(c3ccccc3)c3ccc(-c4ccc(N(c5ccccc5)c5ccc(-c6ccc(OC(=O)C=C)cc6)cc5)c(C)c4)cc3C)cc2)cc1. The van der Waals surface area contributed by atoms with E-state index in [1.54, 1.807) is 24.3 Å². The zero-order chi connectivity index (χ0) is 43.0. The van der Waals surface area contributed by atoms with Gasteiger partial charge in [-0.3, -0.25) is 0 Å². The lowest BCUT2D eigenvalue weighted by Crippen LogP contribution is -2.11. The van der Waals surface area contributed by atoms with Crippen molar-refractivity contribution >= 4 is 46.1 Å². The lowest BCUT2D eigenvalue weighted by atomic mass is 9.98. The maximum Gasteiger partial charge on any atom is 0.335 e. The van der Waals surface area contributed by atoms with Crippen LogP contribution in [-0.4, -0.2) is 11.9 Å². The minimum Gasteiger partial charge on any atom is -0.423 e. The Kier molecular flexibility index (Phi) is 12.0. The lowest BCUT2D eigenvalue weighted by molar-refractivity contribution is -0.129. The van der Waals surface area contributed by atoms with E-state index in [-0.39, 0.29) is 0 Å². The number of hydrogen-bond donors (Lipinski definition) is 0. The summed E-state index contributed by atoms with van der Waals surface area (Å²) in [7, 11) is 0. The summed E-state index contributed by atoms with van der Waals surface area (Å²) in [5.41, 5.74) is 15.0. The number of rotatable bonds is 13. The Morgan fingerprint density at radius 2 is 0.677 bits per heavy atom. The number of carbonyl (C=O) groups excluding carboxylic acids is 2. The first kappa shape index (κ1) is 40.6. The van der Waals surface area contributed by atoms with Crippen LogP contribution in [0.5, 0.6) is 11.5 Å². The summed E-state index contributed by atoms with van der Waals surface area (Å²) in [5, 5.41) is 0. The van der Waals surface area contributed by atoms with E-state index in [0.29, 0.717) is 11.5 Å². The molecule has 0 spiro atoms. The van der Waals surface area contributed by atoms with Gasteiger partial charge >= 0.3 is 11.9 Å². The number of hydrogen-bond acceptors (Lipinski definition) is 6. The highest BCUT2D eigenvalue weighted by Crippen LogP contribution is 2.41. The summed E-state index contributed by atoms with van der Waals surface area (Å²) in [6.07, 6.45) is 2.30. The van der Waals surface area contributed by atoms with Crippen LogP contribution in [-0.2, 0) is 9.59 Å². The standard InChI is InChI=1S/C56H44N2O4/c1-5-55(59)61-51-31-21-43(22-32-51)41-17-27-49(28-18-41)57(47-13-9-7-10-14-47)53-35-25-45(37-39(53)3)46-26-36-54(40(4)38-46)58(48-15-11-8-12-16-48)50-29-19-42(20-30-50)44-23-33-52(34-24-44)62-56(60)6-2/h5-38H,1-2H2,3-4H3. The van der Waals surface area contributed by atoms with Crippen LogP contribution in [0.1, 0.15) is 11.1 Å². The molecule has 62 heavy (non-hydrogen) atoms. The first-order chi connectivity index (χ1) is 30.3. The largest absolute Gasteiger partial charge is 0.423 e. The van der Waals surface area contributed by atoms with Crippen molar-refractivity contribution in [2.24, 2.45) is 0 Å². The Morgan fingerprint density at radius 1 is 0.387 bits per heavy atom. The Labute approximate surface area is 362 Å². The van der Waals surface area contributed by atoms with Crippen LogP contribution < -0.4 is 19.3 Å². The predicted molar refractivity (Wildman–Crippen MR) is 253 cm³/mol. The van der Waals surface area contributed by atoms with Crippen LogP contribution in [0, 0.1) is 13.8 Å². The number of carbonyl (C=O) groups is 2. The van der Waals surface area contributed by atoms with Crippen molar-refractivity contribution < 1.29 is 19.1 Å². The molecule has 0 fully saturated rings. The van der Waals surface area contributed by atoms with Crippen molar-refractivity contribution in [3.05, 3.63) is 231 Å². The molecule has 0 bridgehead atoms. The van der Waals surface area contributed by atoms with E-state index in [0.717, 1.165) is 90.8 Å². The Morgan fingerprint density at radius 3 is 0.984 bits per heavy atom. The quantitative estimate of drug-likeness (QED) is 0.0657. The topological polar surface area (TPSA) is 59.1 Å². The monoisotopic (exact) mass is 808 g/mol. The molecular weight excluding hydrogens is 765 g/mol. The van der Waals surface area contributed by atoms with Crippen LogP contribution in [0.3, 0.4) is 0 Å². The molecule has 8 aromatic rings. The fourth-order valence-electron chi connectivity index (χ4n) is 7.53. The number of esters is 2. The van der Waals surface area contributed by atoms with E-state index in [2.05, 4.69) is 170 Å². The van der Waals surface area contributed by atoms with Gasteiger partial charge in [0.15, 0.2) is 0 Å². The number of aryl methyl sites for hydroxylation is 2. The number of benzene rings is 8. The van der Waals surface area contributed by atoms with Crippen molar-refractivity contribution in [2.45, 2.75) is 13.8 Å². The van der Waals surface area contributed by atoms with Gasteiger partial charge in [-0.1, -0.05) is 110 Å². The normalized spacial score (nSPS) is 10.7. The third-order valence-electron chi connectivity index (χ3n) is 10.6. The average molecular weight is 809 g/mol. The molecule has 0 radical (unpaired) electrons. The third kappa shape index (κ3) is 9.00. The van der Waals surface area contributed by atoms with Gasteiger partial charge in [-0.15, -0.1) is 0 Å². The van der Waals surface area contributed by atoms with E-state index in [1.165, 1.54) is 0 Å². The van der Waals surface area contributed by atoms with E-state index >= 15 is 0 Å². The first-order valence-electron chi connectivity index (χ1n) is 20.3. The van der Waals surface area contributed by atoms with E-state index in [4.69, 9.17) is 9.47 Å². The van der Waals surface area contributed by atoms with Gasteiger partial charge in [0.2, 0.25) is 0 Å². The van der Waals surface area contributed by atoms with Gasteiger partial charge in [0.25, 0.3) is 0 Å². The van der Waals surface area contributed by atoms with E-state index < -0.39 is 11.9 Å². The molecule has 0 N–H and O–H groups in total. The number of nitrogens with zero attached hydrogens (tertiary/aromatic N) is 2. The predicted octanol–water partition coefficient (Wildman–Crippen LogP) is 14.4. The van der Waals surface area contributed by atoms with Crippen LogP contribution >= 0.6 is 0 Å². The molecule has 0 saturated heterocycles. The molecule has 302 valence electrons. The molecule has 0 amide bonds. The van der Waals surface area contributed by atoms with Crippen LogP contribution in [0.25, 0.3) is 33.4 Å². The van der Waals surface area contributed by atoms with Gasteiger partial charge in [0.05, 0.1) is 0 Å². The number of anilines is 6. The third-order valence-corrected chi connectivity index (χ3v) is 10.6. The molecule has 6 heteroatoms. The smallest absolute Gasteiger partial charge is 0.335 e. The van der Waals surface area contributed by atoms with Gasteiger partial charge in [-0.2, -0.15) is 0 Å². The van der Waals surface area contributed by atoms with Crippen molar-refractivity contribution in [2.75, 3.05) is 9.80 Å². The molecule has 0 aliphatic carbocycles. The molecule has 0 aliphatic heterocycles. The summed E-state index contributed by atoms with van der Waals surface area (Å²) >= 11 is 0. The molecule has 0 saturated carbocycles. The van der Waals surface area contributed by atoms with Gasteiger partial charge < -0.3 is 19.3 Å². The lowest BCUT2D eigenvalue weighted by Gasteiger charge is -2.28. The van der Waals surface area contributed by atoms with Crippen molar-refractivity contribution in [1.29, 1.82) is 0 Å². The summed E-state index contributed by atoms with van der Waals surface area (Å²) in [5.74, 6) is -0.0175. The summed E-state index contributed by atoms with van der Waals surface area (Å²) in [4.78, 5) is 27.8. The molecule has 0 heterocycles. The zero-order valence-corrected chi connectivity index (χ0v) is 34.6. The maximum atomic E-state index is 11.6. The minimum atomic E-state index is -0.484. The number of para-hydroxylation sites is 2. The van der Waals surface area contributed by atoms with Gasteiger partial charge in [0.1, 0.15) is 11.5 Å². The Bertz CT molecular complexity index is 2650. The summed E-state index contributed by atoms with van der Waals surface area (Å²) in [6, 6.07) is 66.1. The van der Waals surface area contributed by atoms with E-state index in [9.17, 15) is 9.59 Å². The number of ether oxygens (including phenoxy) is 2. The first-order valence-corrected chi connectivity index (χ1v) is 20.3. The summed E-state index contributed by atoms with van der Waals surface area (Å²) < 4.78 is 10.5. The fraction of sp³-hybridized carbons (Fsp3) is 0.0357. The molecule has 0 unspecified atom stereocenters. The molecule has 8 aromatic carbocycles. The van der Waals surface area contributed by atoms with Gasteiger partial charge in [0, 0.05) is 46.3 Å². The van der Waals surface area contributed by atoms with Crippen LogP contribution in [0.15, 0.2) is 219 Å². The molecule has 8 rings (SSSR count). The highest BCUT2D eigenvalue weighted by molar-refractivity contribution is 5.86. The van der Waals surface area contributed by atoms with E-state index in [1.807, 2.05) is 36.4 Å². The fourth-order valence-corrected chi connectivity index (χ4v) is 7.53.